The van der Waals surface area contributed by atoms with Gasteiger partial charge in [0.15, 0.2) is 24.7 Å². The van der Waals surface area contributed by atoms with E-state index in [-0.39, 0.29) is 5.78 Å². The predicted octanol–water partition coefficient (Wildman–Crippen LogP) is 3.85. The third-order valence-corrected chi connectivity index (χ3v) is 4.70. The molecule has 1 aromatic heterocycles. The highest BCUT2D eigenvalue weighted by atomic mass is 16.5. The summed E-state index contributed by atoms with van der Waals surface area (Å²) in [5.74, 6) is 0.906. The summed E-state index contributed by atoms with van der Waals surface area (Å²) >= 11 is 0. The quantitative estimate of drug-likeness (QED) is 0.532. The zero-order valence-corrected chi connectivity index (χ0v) is 14.7. The molecule has 1 aliphatic rings. The average Bonchev–Trinajstić information content (AvgIpc) is 2.99. The summed E-state index contributed by atoms with van der Waals surface area (Å²) in [6.07, 6.45) is 6.75. The number of nitrogens with zero attached hydrogens (tertiary/aromatic N) is 1. The molecule has 0 saturated heterocycles. The lowest BCUT2D eigenvalue weighted by molar-refractivity contribution is -0.688. The Hall–Kier alpha value is -3.20. The molecule has 3 nitrogen and oxygen atoms in total. The van der Waals surface area contributed by atoms with Crippen LogP contribution in [0.25, 0.3) is 6.08 Å². The maximum absolute atomic E-state index is 12.6. The van der Waals surface area contributed by atoms with Gasteiger partial charge in [0, 0.05) is 35.3 Å². The van der Waals surface area contributed by atoms with Crippen molar-refractivity contribution in [1.82, 2.24) is 0 Å². The van der Waals surface area contributed by atoms with Gasteiger partial charge in [0.25, 0.3) is 0 Å². The van der Waals surface area contributed by atoms with Gasteiger partial charge >= 0.3 is 0 Å². The first-order valence-electron chi connectivity index (χ1n) is 8.68. The Kier molecular flexibility index (Phi) is 4.36. The highest BCUT2D eigenvalue weighted by molar-refractivity contribution is 6.15. The van der Waals surface area contributed by atoms with Gasteiger partial charge in [-0.15, -0.1) is 0 Å². The van der Waals surface area contributed by atoms with Crippen molar-refractivity contribution in [3.63, 3.8) is 0 Å². The van der Waals surface area contributed by atoms with E-state index in [0.717, 1.165) is 34.6 Å². The molecule has 0 saturated carbocycles. The summed E-state index contributed by atoms with van der Waals surface area (Å²) in [6.45, 7) is 0.835. The standard InChI is InChI=1S/C23H20NO2/c1-26-21-7-8-22-19(15-21)14-20(23(22)25)13-17-9-11-24(12-10-17)16-18-5-3-2-4-6-18/h2-13,15H,14,16H2,1H3/q+1. The van der Waals surface area contributed by atoms with Gasteiger partial charge in [-0.3, -0.25) is 4.79 Å². The number of carbonyl (C=O) groups excluding carboxylic acids is 1. The number of pyridine rings is 1. The van der Waals surface area contributed by atoms with Crippen molar-refractivity contribution in [2.75, 3.05) is 7.11 Å². The van der Waals surface area contributed by atoms with Gasteiger partial charge in [-0.2, -0.15) is 0 Å². The van der Waals surface area contributed by atoms with E-state index >= 15 is 0 Å². The Morgan fingerprint density at radius 3 is 2.54 bits per heavy atom. The van der Waals surface area contributed by atoms with Crippen LogP contribution in [0.1, 0.15) is 27.0 Å². The van der Waals surface area contributed by atoms with E-state index in [9.17, 15) is 4.79 Å². The van der Waals surface area contributed by atoms with Crippen LogP contribution in [0.2, 0.25) is 0 Å². The monoisotopic (exact) mass is 342 g/mol. The van der Waals surface area contributed by atoms with E-state index in [1.165, 1.54) is 5.56 Å². The van der Waals surface area contributed by atoms with Gasteiger partial charge in [0.1, 0.15) is 5.75 Å². The maximum Gasteiger partial charge on any atom is 0.189 e. The molecule has 0 fully saturated rings. The van der Waals surface area contributed by atoms with Gasteiger partial charge in [-0.1, -0.05) is 30.3 Å². The number of methoxy groups -OCH3 is 1. The Labute approximate surface area is 153 Å². The van der Waals surface area contributed by atoms with E-state index in [4.69, 9.17) is 4.74 Å². The van der Waals surface area contributed by atoms with Crippen LogP contribution < -0.4 is 9.30 Å². The van der Waals surface area contributed by atoms with Gasteiger partial charge in [0.05, 0.1) is 7.11 Å². The molecule has 0 spiro atoms. The Balaban J connectivity index is 1.53. The number of rotatable bonds is 4. The molecular formula is C23H20NO2+. The Morgan fingerprint density at radius 1 is 1.04 bits per heavy atom. The summed E-state index contributed by atoms with van der Waals surface area (Å²) in [4.78, 5) is 12.6. The number of carbonyl (C=O) groups is 1. The second-order valence-electron chi connectivity index (χ2n) is 6.49. The molecule has 0 atom stereocenters. The Morgan fingerprint density at radius 2 is 1.81 bits per heavy atom. The summed E-state index contributed by atoms with van der Waals surface area (Å²) in [6, 6.07) is 20.1. The Bertz CT molecular complexity index is 973. The zero-order chi connectivity index (χ0) is 17.9. The molecule has 3 heteroatoms. The van der Waals surface area contributed by atoms with Crippen LogP contribution in [0.3, 0.4) is 0 Å². The molecule has 0 amide bonds. The summed E-state index contributed by atoms with van der Waals surface area (Å²) in [7, 11) is 1.64. The molecule has 0 aliphatic heterocycles. The van der Waals surface area contributed by atoms with E-state index in [1.807, 2.05) is 54.6 Å². The third-order valence-electron chi connectivity index (χ3n) is 4.70. The minimum Gasteiger partial charge on any atom is -0.497 e. The number of benzene rings is 2. The molecule has 0 N–H and O–H groups in total. The second kappa shape index (κ2) is 6.96. The minimum atomic E-state index is 0.115. The van der Waals surface area contributed by atoms with Gasteiger partial charge < -0.3 is 4.74 Å². The molecule has 26 heavy (non-hydrogen) atoms. The second-order valence-corrected chi connectivity index (χ2v) is 6.49. The van der Waals surface area contributed by atoms with Crippen molar-refractivity contribution in [2.24, 2.45) is 0 Å². The van der Waals surface area contributed by atoms with Crippen molar-refractivity contribution >= 4 is 11.9 Å². The maximum atomic E-state index is 12.6. The van der Waals surface area contributed by atoms with E-state index in [2.05, 4.69) is 29.1 Å². The number of ketones is 1. The number of allylic oxidation sites excluding steroid dienone is 1. The minimum absolute atomic E-state index is 0.115. The molecule has 128 valence electrons. The molecule has 4 rings (SSSR count). The molecule has 1 heterocycles. The van der Waals surface area contributed by atoms with Crippen LogP contribution in [-0.4, -0.2) is 12.9 Å². The van der Waals surface area contributed by atoms with E-state index in [1.54, 1.807) is 7.11 Å². The smallest absolute Gasteiger partial charge is 0.189 e. The molecule has 0 bridgehead atoms. The van der Waals surface area contributed by atoms with E-state index in [0.29, 0.717) is 6.42 Å². The average molecular weight is 342 g/mol. The highest BCUT2D eigenvalue weighted by Gasteiger charge is 2.25. The van der Waals surface area contributed by atoms with Crippen molar-refractivity contribution in [1.29, 1.82) is 0 Å². The van der Waals surface area contributed by atoms with Crippen LogP contribution in [0, 0.1) is 0 Å². The van der Waals surface area contributed by atoms with Crippen LogP contribution in [0.15, 0.2) is 78.6 Å². The summed E-state index contributed by atoms with van der Waals surface area (Å²) in [5, 5.41) is 0. The highest BCUT2D eigenvalue weighted by Crippen LogP contribution is 2.30. The summed E-state index contributed by atoms with van der Waals surface area (Å²) in [5.41, 5.74) is 4.95. The fourth-order valence-electron chi connectivity index (χ4n) is 3.31. The molecular weight excluding hydrogens is 322 g/mol. The largest absolute Gasteiger partial charge is 0.497 e. The fourth-order valence-corrected chi connectivity index (χ4v) is 3.31. The fraction of sp³-hybridized carbons (Fsp3) is 0.130. The number of Topliss-reactive ketones (excluding diaryl/α,β-unsaturated/α-hetero) is 1. The number of ether oxygens (including phenoxy) is 1. The topological polar surface area (TPSA) is 30.2 Å². The first-order chi connectivity index (χ1) is 12.7. The summed E-state index contributed by atoms with van der Waals surface area (Å²) < 4.78 is 7.39. The van der Waals surface area contributed by atoms with Gasteiger partial charge in [-0.25, -0.2) is 4.57 Å². The van der Waals surface area contributed by atoms with Crippen LogP contribution in [0.5, 0.6) is 5.75 Å². The number of fused-ring (bicyclic) bond motifs is 1. The van der Waals surface area contributed by atoms with Crippen molar-refractivity contribution in [3.05, 3.63) is 101 Å². The first-order valence-corrected chi connectivity index (χ1v) is 8.68. The first kappa shape index (κ1) is 16.3. The number of hydrogen-bond acceptors (Lipinski definition) is 2. The number of aromatic nitrogens is 1. The predicted molar refractivity (Wildman–Crippen MR) is 101 cm³/mol. The van der Waals surface area contributed by atoms with Gasteiger partial charge in [0.2, 0.25) is 0 Å². The van der Waals surface area contributed by atoms with Crippen molar-refractivity contribution < 1.29 is 14.1 Å². The van der Waals surface area contributed by atoms with Gasteiger partial charge in [-0.05, 0) is 35.4 Å². The molecule has 1 aliphatic carbocycles. The van der Waals surface area contributed by atoms with Crippen LogP contribution in [0.4, 0.5) is 0 Å². The molecule has 0 unspecified atom stereocenters. The van der Waals surface area contributed by atoms with Crippen molar-refractivity contribution in [3.8, 4) is 5.75 Å². The third kappa shape index (κ3) is 3.29. The number of hydrogen-bond donors (Lipinski definition) is 0. The SMILES string of the molecule is COc1ccc2c(c1)CC(=Cc1cc[n+](Cc3ccccc3)cc1)C2=O. The molecule has 3 aromatic rings. The lowest BCUT2D eigenvalue weighted by atomic mass is 10.1. The lowest BCUT2D eigenvalue weighted by Gasteiger charge is -2.01. The lowest BCUT2D eigenvalue weighted by Crippen LogP contribution is -2.33. The van der Waals surface area contributed by atoms with Crippen molar-refractivity contribution in [2.45, 2.75) is 13.0 Å². The van der Waals surface area contributed by atoms with Crippen LogP contribution >= 0.6 is 0 Å². The van der Waals surface area contributed by atoms with E-state index < -0.39 is 0 Å². The molecule has 2 aromatic carbocycles. The zero-order valence-electron chi connectivity index (χ0n) is 14.7. The normalized spacial score (nSPS) is 14.5. The van der Waals surface area contributed by atoms with Crippen LogP contribution in [-0.2, 0) is 13.0 Å². The molecule has 0 radical (unpaired) electrons.